The lowest BCUT2D eigenvalue weighted by Gasteiger charge is -2.05. The molecule has 0 bridgehead atoms. The number of thiazole rings is 1. The molecule has 1 amide bonds. The number of sulfonamides is 1. The van der Waals surface area contributed by atoms with Gasteiger partial charge in [-0.05, 0) is 49.4 Å². The lowest BCUT2D eigenvalue weighted by Crippen LogP contribution is -2.22. The number of amides is 1. The standard InChI is InChI=1S/C19H19N3O6S2/c1-3-28-13-6-4-12(5-7-13)18(24)21-19-22(11-17(23)27-2)15-9-8-14(30(20,25)26)10-16(15)29-19/h4-10H,3,11H2,1-2H3,(H2,20,25,26). The fraction of sp³-hybridized carbons (Fsp3) is 0.211. The molecule has 0 aliphatic carbocycles. The fourth-order valence-electron chi connectivity index (χ4n) is 2.67. The molecule has 0 aliphatic rings. The first-order valence-electron chi connectivity index (χ1n) is 8.78. The smallest absolute Gasteiger partial charge is 0.325 e. The Labute approximate surface area is 176 Å². The van der Waals surface area contributed by atoms with Crippen LogP contribution in [0, 0.1) is 0 Å². The highest BCUT2D eigenvalue weighted by molar-refractivity contribution is 7.89. The molecule has 2 aromatic carbocycles. The van der Waals surface area contributed by atoms with Gasteiger partial charge in [-0.3, -0.25) is 9.59 Å². The minimum atomic E-state index is -3.90. The van der Waals surface area contributed by atoms with Crippen molar-refractivity contribution in [3.05, 3.63) is 52.8 Å². The number of ether oxygens (including phenoxy) is 2. The number of carbonyl (C=O) groups is 2. The molecule has 0 saturated heterocycles. The summed E-state index contributed by atoms with van der Waals surface area (Å²) in [6.07, 6.45) is 0. The zero-order valence-corrected chi connectivity index (χ0v) is 17.8. The molecular formula is C19H19N3O6S2. The minimum Gasteiger partial charge on any atom is -0.494 e. The molecule has 3 rings (SSSR count). The Hall–Kier alpha value is -3.02. The van der Waals surface area contributed by atoms with Crippen LogP contribution < -0.4 is 14.7 Å². The molecule has 0 aliphatic heterocycles. The highest BCUT2D eigenvalue weighted by atomic mass is 32.2. The normalized spacial score (nSPS) is 12.2. The van der Waals surface area contributed by atoms with Gasteiger partial charge in [0.1, 0.15) is 12.3 Å². The van der Waals surface area contributed by atoms with Crippen molar-refractivity contribution >= 4 is 43.5 Å². The van der Waals surface area contributed by atoms with Crippen molar-refractivity contribution in [2.75, 3.05) is 13.7 Å². The number of hydrogen-bond donors (Lipinski definition) is 1. The van der Waals surface area contributed by atoms with Gasteiger partial charge in [0.2, 0.25) is 10.0 Å². The van der Waals surface area contributed by atoms with Gasteiger partial charge >= 0.3 is 5.97 Å². The van der Waals surface area contributed by atoms with Gasteiger partial charge in [-0.2, -0.15) is 4.99 Å². The van der Waals surface area contributed by atoms with Crippen LogP contribution in [-0.2, 0) is 26.1 Å². The van der Waals surface area contributed by atoms with Crippen molar-refractivity contribution in [1.29, 1.82) is 0 Å². The van der Waals surface area contributed by atoms with E-state index in [-0.39, 0.29) is 16.2 Å². The first kappa shape index (κ1) is 21.7. The van der Waals surface area contributed by atoms with E-state index in [0.717, 1.165) is 11.3 Å². The van der Waals surface area contributed by atoms with Crippen molar-refractivity contribution < 1.29 is 27.5 Å². The number of aromatic nitrogens is 1. The second-order valence-electron chi connectivity index (χ2n) is 6.10. The van der Waals surface area contributed by atoms with Crippen molar-refractivity contribution in [3.8, 4) is 5.75 Å². The van der Waals surface area contributed by atoms with E-state index in [2.05, 4.69) is 4.99 Å². The van der Waals surface area contributed by atoms with Gasteiger partial charge in [0.25, 0.3) is 5.91 Å². The van der Waals surface area contributed by atoms with E-state index in [4.69, 9.17) is 14.6 Å². The number of hydrogen-bond acceptors (Lipinski definition) is 7. The van der Waals surface area contributed by atoms with Crippen molar-refractivity contribution in [1.82, 2.24) is 4.57 Å². The summed E-state index contributed by atoms with van der Waals surface area (Å²) >= 11 is 1.06. The van der Waals surface area contributed by atoms with Gasteiger partial charge in [0.15, 0.2) is 4.80 Å². The average Bonchev–Trinajstić information content (AvgIpc) is 3.04. The second-order valence-corrected chi connectivity index (χ2v) is 8.67. The lowest BCUT2D eigenvalue weighted by molar-refractivity contribution is -0.141. The maximum atomic E-state index is 12.6. The van der Waals surface area contributed by atoms with Crippen LogP contribution in [0.2, 0.25) is 0 Å². The van der Waals surface area contributed by atoms with E-state index in [1.54, 1.807) is 24.3 Å². The Morgan fingerprint density at radius 2 is 1.87 bits per heavy atom. The van der Waals surface area contributed by atoms with Gasteiger partial charge in [0, 0.05) is 5.56 Å². The van der Waals surface area contributed by atoms with Crippen LogP contribution in [0.15, 0.2) is 52.4 Å². The van der Waals surface area contributed by atoms with Gasteiger partial charge in [-0.15, -0.1) is 0 Å². The molecule has 3 aromatic rings. The Morgan fingerprint density at radius 1 is 1.17 bits per heavy atom. The Morgan fingerprint density at radius 3 is 2.47 bits per heavy atom. The summed E-state index contributed by atoms with van der Waals surface area (Å²) in [4.78, 5) is 28.8. The third-order valence-corrected chi connectivity index (χ3v) is 6.06. The Kier molecular flexibility index (Phi) is 6.34. The molecule has 30 heavy (non-hydrogen) atoms. The molecule has 158 valence electrons. The van der Waals surface area contributed by atoms with Crippen LogP contribution >= 0.6 is 11.3 Å². The lowest BCUT2D eigenvalue weighted by atomic mass is 10.2. The molecule has 0 fully saturated rings. The molecule has 1 heterocycles. The summed E-state index contributed by atoms with van der Waals surface area (Å²) in [6, 6.07) is 10.7. The highest BCUT2D eigenvalue weighted by Gasteiger charge is 2.15. The largest absolute Gasteiger partial charge is 0.494 e. The summed E-state index contributed by atoms with van der Waals surface area (Å²) in [5.41, 5.74) is 0.863. The minimum absolute atomic E-state index is 0.0779. The summed E-state index contributed by atoms with van der Waals surface area (Å²) in [6.45, 7) is 2.17. The van der Waals surface area contributed by atoms with Gasteiger partial charge in [-0.25, -0.2) is 13.6 Å². The number of esters is 1. The van der Waals surface area contributed by atoms with Crippen LogP contribution in [0.3, 0.4) is 0 Å². The fourth-order valence-corrected chi connectivity index (χ4v) is 4.36. The van der Waals surface area contributed by atoms with Crippen LogP contribution in [-0.4, -0.2) is 38.6 Å². The molecule has 0 atom stereocenters. The predicted molar refractivity (Wildman–Crippen MR) is 111 cm³/mol. The van der Waals surface area contributed by atoms with Gasteiger partial charge in [-0.1, -0.05) is 11.3 Å². The van der Waals surface area contributed by atoms with Crippen LogP contribution in [0.4, 0.5) is 0 Å². The van der Waals surface area contributed by atoms with Crippen LogP contribution in [0.25, 0.3) is 10.2 Å². The summed E-state index contributed by atoms with van der Waals surface area (Å²) in [7, 11) is -2.66. The maximum Gasteiger partial charge on any atom is 0.325 e. The van der Waals surface area contributed by atoms with Crippen molar-refractivity contribution in [2.24, 2.45) is 10.1 Å². The van der Waals surface area contributed by atoms with E-state index in [9.17, 15) is 18.0 Å². The summed E-state index contributed by atoms with van der Waals surface area (Å²) < 4.78 is 35.4. The molecule has 1 aromatic heterocycles. The number of benzene rings is 2. The average molecular weight is 450 g/mol. The first-order chi connectivity index (χ1) is 14.2. The number of nitrogens with two attached hydrogens (primary N) is 1. The van der Waals surface area contributed by atoms with E-state index >= 15 is 0 Å². The Bertz CT molecular complexity index is 1270. The number of nitrogens with zero attached hydrogens (tertiary/aromatic N) is 2. The molecule has 2 N–H and O–H groups in total. The second kappa shape index (κ2) is 8.78. The van der Waals surface area contributed by atoms with E-state index < -0.39 is 21.9 Å². The molecule has 11 heteroatoms. The van der Waals surface area contributed by atoms with Crippen molar-refractivity contribution in [2.45, 2.75) is 18.4 Å². The molecule has 0 saturated carbocycles. The van der Waals surface area contributed by atoms with Crippen molar-refractivity contribution in [3.63, 3.8) is 0 Å². The number of methoxy groups -OCH3 is 1. The molecule has 9 nitrogen and oxygen atoms in total. The number of carbonyl (C=O) groups excluding carboxylic acids is 2. The molecular weight excluding hydrogens is 430 g/mol. The maximum absolute atomic E-state index is 12.6. The third kappa shape index (κ3) is 4.75. The zero-order valence-electron chi connectivity index (χ0n) is 16.2. The van der Waals surface area contributed by atoms with Gasteiger partial charge < -0.3 is 14.0 Å². The predicted octanol–water partition coefficient (Wildman–Crippen LogP) is 1.66. The monoisotopic (exact) mass is 449 g/mol. The Balaban J connectivity index is 2.10. The zero-order chi connectivity index (χ0) is 21.9. The summed E-state index contributed by atoms with van der Waals surface area (Å²) in [5, 5.41) is 5.19. The topological polar surface area (TPSA) is 130 Å². The number of rotatable bonds is 6. The van der Waals surface area contributed by atoms with E-state index in [1.807, 2.05) is 6.92 Å². The van der Waals surface area contributed by atoms with Crippen LogP contribution in [0.1, 0.15) is 17.3 Å². The van der Waals surface area contributed by atoms with Gasteiger partial charge in [0.05, 0.1) is 28.8 Å². The number of primary sulfonamides is 1. The van der Waals surface area contributed by atoms with Crippen LogP contribution in [0.5, 0.6) is 5.75 Å². The molecule has 0 radical (unpaired) electrons. The molecule has 0 unspecified atom stereocenters. The quantitative estimate of drug-likeness (QED) is 0.570. The summed E-state index contributed by atoms with van der Waals surface area (Å²) in [5.74, 6) is -0.428. The first-order valence-corrected chi connectivity index (χ1v) is 11.1. The molecule has 0 spiro atoms. The highest BCUT2D eigenvalue weighted by Crippen LogP contribution is 2.21. The number of fused-ring (bicyclic) bond motifs is 1. The SMILES string of the molecule is CCOc1ccc(C(=O)N=c2sc3cc(S(N)(=O)=O)ccc3n2CC(=O)OC)cc1. The van der Waals surface area contributed by atoms with E-state index in [0.29, 0.717) is 28.1 Å². The third-order valence-electron chi connectivity index (χ3n) is 4.11. The van der Waals surface area contributed by atoms with E-state index in [1.165, 1.54) is 29.9 Å².